The molecular formula is C22H23FN2O2. The topological polar surface area (TPSA) is 34.6 Å². The van der Waals surface area contributed by atoms with Gasteiger partial charge in [0.05, 0.1) is 14.2 Å². The fourth-order valence-corrected chi connectivity index (χ4v) is 3.10. The fourth-order valence-electron chi connectivity index (χ4n) is 3.10. The Hall–Kier alpha value is -2.92. The first-order valence-electron chi connectivity index (χ1n) is 8.75. The van der Waals surface area contributed by atoms with Crippen LogP contribution in [0.4, 0.5) is 4.39 Å². The number of aromatic nitrogens is 1. The van der Waals surface area contributed by atoms with Crippen LogP contribution in [-0.2, 0) is 19.6 Å². The molecule has 0 fully saturated rings. The second-order valence-corrected chi connectivity index (χ2v) is 6.25. The maximum absolute atomic E-state index is 14.2. The molecule has 3 aromatic rings. The average Bonchev–Trinajstić information content (AvgIpc) is 2.70. The van der Waals surface area contributed by atoms with Crippen LogP contribution >= 0.6 is 0 Å². The van der Waals surface area contributed by atoms with Crippen LogP contribution in [0.15, 0.2) is 67.0 Å². The van der Waals surface area contributed by atoms with Gasteiger partial charge in [-0.25, -0.2) is 4.39 Å². The molecule has 2 aromatic carbocycles. The van der Waals surface area contributed by atoms with Crippen molar-refractivity contribution >= 4 is 0 Å². The van der Waals surface area contributed by atoms with Gasteiger partial charge in [-0.3, -0.25) is 9.88 Å². The van der Waals surface area contributed by atoms with E-state index in [1.807, 2.05) is 48.7 Å². The monoisotopic (exact) mass is 366 g/mol. The number of hydrogen-bond donors (Lipinski definition) is 0. The molecular weight excluding hydrogens is 343 g/mol. The minimum absolute atomic E-state index is 0.203. The van der Waals surface area contributed by atoms with E-state index in [0.29, 0.717) is 36.7 Å². The molecule has 140 valence electrons. The van der Waals surface area contributed by atoms with Crippen molar-refractivity contribution in [3.63, 3.8) is 0 Å². The van der Waals surface area contributed by atoms with Gasteiger partial charge < -0.3 is 9.47 Å². The van der Waals surface area contributed by atoms with Crippen molar-refractivity contribution in [1.29, 1.82) is 0 Å². The number of para-hydroxylation sites is 1. The second kappa shape index (κ2) is 9.14. The van der Waals surface area contributed by atoms with Crippen LogP contribution in [-0.4, -0.2) is 24.1 Å². The third-order valence-corrected chi connectivity index (χ3v) is 4.36. The molecule has 0 atom stereocenters. The van der Waals surface area contributed by atoms with Crippen LogP contribution in [0.2, 0.25) is 0 Å². The molecule has 3 rings (SSSR count). The maximum Gasteiger partial charge on any atom is 0.165 e. The summed E-state index contributed by atoms with van der Waals surface area (Å²) in [6.07, 6.45) is 3.58. The number of benzene rings is 2. The number of hydrogen-bond acceptors (Lipinski definition) is 4. The summed E-state index contributed by atoms with van der Waals surface area (Å²) in [5.41, 5.74) is 2.70. The van der Waals surface area contributed by atoms with Crippen molar-refractivity contribution < 1.29 is 13.9 Å². The van der Waals surface area contributed by atoms with E-state index in [4.69, 9.17) is 9.47 Å². The van der Waals surface area contributed by atoms with Gasteiger partial charge in [-0.15, -0.1) is 0 Å². The summed E-state index contributed by atoms with van der Waals surface area (Å²) in [4.78, 5) is 6.34. The summed E-state index contributed by atoms with van der Waals surface area (Å²) in [6.45, 7) is 1.70. The zero-order valence-electron chi connectivity index (χ0n) is 15.6. The molecule has 0 bridgehead atoms. The lowest BCUT2D eigenvalue weighted by molar-refractivity contribution is 0.238. The van der Waals surface area contributed by atoms with Crippen molar-refractivity contribution in [2.45, 2.75) is 19.6 Å². The minimum Gasteiger partial charge on any atom is -0.493 e. The molecule has 0 spiro atoms. The predicted molar refractivity (Wildman–Crippen MR) is 103 cm³/mol. The number of rotatable bonds is 8. The summed E-state index contributed by atoms with van der Waals surface area (Å²) >= 11 is 0. The van der Waals surface area contributed by atoms with Crippen molar-refractivity contribution in [1.82, 2.24) is 9.88 Å². The molecule has 1 aromatic heterocycles. The van der Waals surface area contributed by atoms with Gasteiger partial charge in [-0.2, -0.15) is 0 Å². The van der Waals surface area contributed by atoms with Crippen molar-refractivity contribution in [2.75, 3.05) is 14.2 Å². The van der Waals surface area contributed by atoms with Crippen LogP contribution in [0.3, 0.4) is 0 Å². The van der Waals surface area contributed by atoms with E-state index in [1.54, 1.807) is 26.5 Å². The third kappa shape index (κ3) is 4.83. The second-order valence-electron chi connectivity index (χ2n) is 6.25. The number of pyridine rings is 1. The molecule has 1 heterocycles. The average molecular weight is 366 g/mol. The first-order valence-corrected chi connectivity index (χ1v) is 8.75. The van der Waals surface area contributed by atoms with Crippen molar-refractivity contribution in [3.8, 4) is 11.5 Å². The molecule has 27 heavy (non-hydrogen) atoms. The number of nitrogens with zero attached hydrogens (tertiary/aromatic N) is 2. The number of ether oxygens (including phenoxy) is 2. The highest BCUT2D eigenvalue weighted by molar-refractivity contribution is 5.46. The molecule has 0 saturated heterocycles. The molecule has 5 heteroatoms. The molecule has 4 nitrogen and oxygen atoms in total. The van der Waals surface area contributed by atoms with Crippen molar-refractivity contribution in [2.24, 2.45) is 0 Å². The number of methoxy groups -OCH3 is 2. The lowest BCUT2D eigenvalue weighted by Gasteiger charge is -2.24. The Bertz CT molecular complexity index is 871. The first-order chi connectivity index (χ1) is 13.2. The fraction of sp³-hybridized carbons (Fsp3) is 0.227. The molecule has 0 aliphatic rings. The van der Waals surface area contributed by atoms with E-state index < -0.39 is 0 Å². The quantitative estimate of drug-likeness (QED) is 0.590. The Morgan fingerprint density at radius 2 is 1.63 bits per heavy atom. The first kappa shape index (κ1) is 18.9. The highest BCUT2D eigenvalue weighted by atomic mass is 19.1. The lowest BCUT2D eigenvalue weighted by atomic mass is 10.1. The van der Waals surface area contributed by atoms with E-state index in [-0.39, 0.29) is 5.82 Å². The van der Waals surface area contributed by atoms with E-state index >= 15 is 0 Å². The minimum atomic E-state index is -0.203. The smallest absolute Gasteiger partial charge is 0.165 e. The molecule has 0 aliphatic carbocycles. The SMILES string of the molecule is COc1cccc(CN(Cc2cccnc2)Cc2ccccc2F)c1OC. The summed E-state index contributed by atoms with van der Waals surface area (Å²) < 4.78 is 25.2. The van der Waals surface area contributed by atoms with Gasteiger partial charge in [0, 0.05) is 43.2 Å². The molecule has 0 saturated carbocycles. The van der Waals surface area contributed by atoms with Gasteiger partial charge in [0.25, 0.3) is 0 Å². The van der Waals surface area contributed by atoms with Crippen LogP contribution < -0.4 is 9.47 Å². The normalized spacial score (nSPS) is 10.8. The van der Waals surface area contributed by atoms with Crippen LogP contribution in [0.5, 0.6) is 11.5 Å². The molecule has 0 aliphatic heterocycles. The molecule has 0 unspecified atom stereocenters. The van der Waals surface area contributed by atoms with Gasteiger partial charge in [-0.1, -0.05) is 36.4 Å². The summed E-state index contributed by atoms with van der Waals surface area (Å²) in [7, 11) is 3.25. The van der Waals surface area contributed by atoms with E-state index in [1.165, 1.54) is 6.07 Å². The van der Waals surface area contributed by atoms with Gasteiger partial charge in [-0.05, 0) is 23.8 Å². The summed E-state index contributed by atoms with van der Waals surface area (Å²) in [5.74, 6) is 1.18. The predicted octanol–water partition coefficient (Wildman–Crippen LogP) is 4.44. The van der Waals surface area contributed by atoms with Crippen LogP contribution in [0.1, 0.15) is 16.7 Å². The largest absolute Gasteiger partial charge is 0.493 e. The van der Waals surface area contributed by atoms with Crippen molar-refractivity contribution in [3.05, 3.63) is 89.5 Å². The highest BCUT2D eigenvalue weighted by Crippen LogP contribution is 2.32. The van der Waals surface area contributed by atoms with Gasteiger partial charge in [0.2, 0.25) is 0 Å². The van der Waals surface area contributed by atoms with Crippen LogP contribution in [0, 0.1) is 5.82 Å². The van der Waals surface area contributed by atoms with Gasteiger partial charge >= 0.3 is 0 Å². The van der Waals surface area contributed by atoms with Gasteiger partial charge in [0.15, 0.2) is 11.5 Å². The molecule has 0 radical (unpaired) electrons. The zero-order chi connectivity index (χ0) is 19.1. The Balaban J connectivity index is 1.89. The van der Waals surface area contributed by atoms with E-state index in [2.05, 4.69) is 9.88 Å². The van der Waals surface area contributed by atoms with E-state index in [9.17, 15) is 4.39 Å². The van der Waals surface area contributed by atoms with Gasteiger partial charge in [0.1, 0.15) is 5.82 Å². The van der Waals surface area contributed by atoms with E-state index in [0.717, 1.165) is 11.1 Å². The van der Waals surface area contributed by atoms with Crippen LogP contribution in [0.25, 0.3) is 0 Å². The molecule has 0 amide bonds. The summed E-state index contributed by atoms with van der Waals surface area (Å²) in [5, 5.41) is 0. The third-order valence-electron chi connectivity index (χ3n) is 4.36. The summed E-state index contributed by atoms with van der Waals surface area (Å²) in [6, 6.07) is 16.6. The molecule has 0 N–H and O–H groups in total. The standard InChI is InChI=1S/C22H23FN2O2/c1-26-21-11-5-9-19(22(21)27-2)16-25(14-17-7-6-12-24-13-17)15-18-8-3-4-10-20(18)23/h3-13H,14-16H2,1-2H3. The Morgan fingerprint density at radius 3 is 2.33 bits per heavy atom. The maximum atomic E-state index is 14.2. The zero-order valence-corrected chi connectivity index (χ0v) is 15.6. The number of halogens is 1. The Kier molecular flexibility index (Phi) is 6.39. The lowest BCUT2D eigenvalue weighted by Crippen LogP contribution is -2.23. The Morgan fingerprint density at radius 1 is 0.852 bits per heavy atom. The highest BCUT2D eigenvalue weighted by Gasteiger charge is 2.16. The Labute approximate surface area is 159 Å².